The standard InChI is InChI=1S/C22H19N3O4S/c1-28-16-9-7-15(8-10-16)23-22-24-21(27)19(30-22)11-14-12-25(13-20(26)29-2)18-6-4-3-5-17(14)18/h3-12H,13H2,1-2H3,(H,23,24,27)/b19-11+. The van der Waals surface area contributed by atoms with Crippen LogP contribution < -0.4 is 10.1 Å². The van der Waals surface area contributed by atoms with Crippen LogP contribution in [0.25, 0.3) is 17.0 Å². The van der Waals surface area contributed by atoms with Gasteiger partial charge < -0.3 is 19.4 Å². The predicted octanol–water partition coefficient (Wildman–Crippen LogP) is 3.71. The van der Waals surface area contributed by atoms with Crippen molar-refractivity contribution in [2.75, 3.05) is 14.2 Å². The molecule has 0 radical (unpaired) electrons. The molecule has 3 aromatic rings. The number of para-hydroxylation sites is 1. The average Bonchev–Trinajstić information content (AvgIpc) is 3.28. The predicted molar refractivity (Wildman–Crippen MR) is 118 cm³/mol. The zero-order valence-corrected chi connectivity index (χ0v) is 17.2. The number of ether oxygens (including phenoxy) is 2. The third-order valence-electron chi connectivity index (χ3n) is 4.59. The molecule has 0 spiro atoms. The number of rotatable bonds is 5. The second-order valence-electron chi connectivity index (χ2n) is 6.49. The zero-order chi connectivity index (χ0) is 21.1. The van der Waals surface area contributed by atoms with Gasteiger partial charge in [-0.05, 0) is 48.2 Å². The van der Waals surface area contributed by atoms with Gasteiger partial charge in [-0.3, -0.25) is 9.59 Å². The quantitative estimate of drug-likeness (QED) is 0.502. The zero-order valence-electron chi connectivity index (χ0n) is 16.4. The molecule has 1 fully saturated rings. The first kappa shape index (κ1) is 19.8. The van der Waals surface area contributed by atoms with Crippen LogP contribution in [-0.4, -0.2) is 35.8 Å². The molecule has 8 heteroatoms. The minimum absolute atomic E-state index is 0.101. The number of methoxy groups -OCH3 is 2. The highest BCUT2D eigenvalue weighted by Gasteiger charge is 2.24. The molecule has 0 aliphatic carbocycles. The number of carbonyl (C=O) groups excluding carboxylic acids is 2. The van der Waals surface area contributed by atoms with E-state index in [-0.39, 0.29) is 18.4 Å². The first-order valence-corrected chi connectivity index (χ1v) is 9.97. The lowest BCUT2D eigenvalue weighted by atomic mass is 10.1. The Balaban J connectivity index is 1.63. The van der Waals surface area contributed by atoms with E-state index in [0.717, 1.165) is 27.9 Å². The third-order valence-corrected chi connectivity index (χ3v) is 5.50. The number of aliphatic imine (C=N–C) groups is 1. The summed E-state index contributed by atoms with van der Waals surface area (Å²) in [6.45, 7) is 0.101. The maximum absolute atomic E-state index is 12.5. The number of amidine groups is 1. The lowest BCUT2D eigenvalue weighted by molar-refractivity contribution is -0.141. The number of nitrogens with zero attached hydrogens (tertiary/aromatic N) is 2. The van der Waals surface area contributed by atoms with Crippen LogP contribution in [0.15, 0.2) is 64.6 Å². The van der Waals surface area contributed by atoms with Gasteiger partial charge in [0.1, 0.15) is 12.3 Å². The summed E-state index contributed by atoms with van der Waals surface area (Å²) in [5, 5.41) is 4.25. The van der Waals surface area contributed by atoms with Gasteiger partial charge in [0.15, 0.2) is 5.17 Å². The second-order valence-corrected chi connectivity index (χ2v) is 7.52. The molecule has 1 N–H and O–H groups in total. The maximum atomic E-state index is 12.5. The minimum atomic E-state index is -0.336. The fourth-order valence-electron chi connectivity index (χ4n) is 3.12. The Labute approximate surface area is 177 Å². The van der Waals surface area contributed by atoms with Gasteiger partial charge in [0.05, 0.1) is 24.8 Å². The van der Waals surface area contributed by atoms with Gasteiger partial charge in [0.25, 0.3) is 5.91 Å². The van der Waals surface area contributed by atoms with Gasteiger partial charge in [-0.1, -0.05) is 18.2 Å². The van der Waals surface area contributed by atoms with E-state index in [1.807, 2.05) is 65.4 Å². The Bertz CT molecular complexity index is 1180. The number of nitrogens with one attached hydrogen (secondary N) is 1. The summed E-state index contributed by atoms with van der Waals surface area (Å²) < 4.78 is 11.7. The van der Waals surface area contributed by atoms with E-state index in [4.69, 9.17) is 9.47 Å². The molecule has 4 rings (SSSR count). The Morgan fingerprint density at radius 3 is 2.67 bits per heavy atom. The van der Waals surface area contributed by atoms with Crippen molar-refractivity contribution in [1.29, 1.82) is 0 Å². The fraction of sp³-hybridized carbons (Fsp3) is 0.136. The molecule has 152 valence electrons. The minimum Gasteiger partial charge on any atom is -0.497 e. The van der Waals surface area contributed by atoms with Gasteiger partial charge in [0, 0.05) is 22.7 Å². The molecule has 1 saturated heterocycles. The van der Waals surface area contributed by atoms with Crippen molar-refractivity contribution >= 4 is 51.5 Å². The summed E-state index contributed by atoms with van der Waals surface area (Å²) in [6.07, 6.45) is 3.66. The van der Waals surface area contributed by atoms with Gasteiger partial charge in [0.2, 0.25) is 0 Å². The number of amides is 1. The highest BCUT2D eigenvalue weighted by atomic mass is 32.2. The number of carbonyl (C=O) groups is 2. The molecular formula is C22H19N3O4S. The highest BCUT2D eigenvalue weighted by Crippen LogP contribution is 2.31. The number of fused-ring (bicyclic) bond motifs is 1. The molecule has 2 heterocycles. The molecule has 30 heavy (non-hydrogen) atoms. The van der Waals surface area contributed by atoms with Crippen molar-refractivity contribution in [3.63, 3.8) is 0 Å². The first-order chi connectivity index (χ1) is 14.6. The first-order valence-electron chi connectivity index (χ1n) is 9.15. The average molecular weight is 421 g/mol. The molecule has 0 bridgehead atoms. The number of aromatic nitrogens is 1. The van der Waals surface area contributed by atoms with E-state index in [0.29, 0.717) is 10.1 Å². The van der Waals surface area contributed by atoms with Gasteiger partial charge in [-0.15, -0.1) is 0 Å². The Hall–Kier alpha value is -3.52. The Morgan fingerprint density at radius 2 is 1.93 bits per heavy atom. The van der Waals surface area contributed by atoms with Crippen LogP contribution in [0.2, 0.25) is 0 Å². The molecule has 2 aromatic carbocycles. The van der Waals surface area contributed by atoms with Gasteiger partial charge in [-0.25, -0.2) is 4.99 Å². The molecule has 7 nitrogen and oxygen atoms in total. The second kappa shape index (κ2) is 8.46. The summed E-state index contributed by atoms with van der Waals surface area (Å²) in [5.41, 5.74) is 2.46. The molecule has 0 unspecified atom stereocenters. The smallest absolute Gasteiger partial charge is 0.325 e. The molecule has 0 atom stereocenters. The summed E-state index contributed by atoms with van der Waals surface area (Å²) in [4.78, 5) is 29.2. The lowest BCUT2D eigenvalue weighted by Gasteiger charge is -2.02. The van der Waals surface area contributed by atoms with Crippen molar-refractivity contribution in [3.05, 3.63) is 65.2 Å². The summed E-state index contributed by atoms with van der Waals surface area (Å²) in [5.74, 6) is 0.194. The highest BCUT2D eigenvalue weighted by molar-refractivity contribution is 8.18. The molecule has 1 aliphatic heterocycles. The third kappa shape index (κ3) is 4.08. The van der Waals surface area contributed by atoms with Crippen LogP contribution in [0.1, 0.15) is 5.56 Å². The lowest BCUT2D eigenvalue weighted by Crippen LogP contribution is -2.19. The van der Waals surface area contributed by atoms with E-state index < -0.39 is 0 Å². The van der Waals surface area contributed by atoms with Crippen molar-refractivity contribution < 1.29 is 19.1 Å². The molecule has 1 aliphatic rings. The number of esters is 1. The molecule has 1 aromatic heterocycles. The van der Waals surface area contributed by atoms with E-state index in [1.54, 1.807) is 7.11 Å². The molecule has 0 saturated carbocycles. The van der Waals surface area contributed by atoms with Gasteiger partial charge >= 0.3 is 5.97 Å². The van der Waals surface area contributed by atoms with Crippen LogP contribution in [0.3, 0.4) is 0 Å². The maximum Gasteiger partial charge on any atom is 0.325 e. The monoisotopic (exact) mass is 421 g/mol. The Morgan fingerprint density at radius 1 is 1.17 bits per heavy atom. The summed E-state index contributed by atoms with van der Waals surface area (Å²) in [6, 6.07) is 15.0. The summed E-state index contributed by atoms with van der Waals surface area (Å²) in [7, 11) is 2.97. The number of hydrogen-bond donors (Lipinski definition) is 1. The van der Waals surface area contributed by atoms with E-state index in [1.165, 1.54) is 18.9 Å². The fourth-order valence-corrected chi connectivity index (χ4v) is 3.95. The van der Waals surface area contributed by atoms with E-state index >= 15 is 0 Å². The number of benzene rings is 2. The van der Waals surface area contributed by atoms with Crippen LogP contribution >= 0.6 is 11.8 Å². The van der Waals surface area contributed by atoms with Crippen molar-refractivity contribution in [2.24, 2.45) is 4.99 Å². The normalized spacial score (nSPS) is 16.3. The topological polar surface area (TPSA) is 81.9 Å². The summed E-state index contributed by atoms with van der Waals surface area (Å²) >= 11 is 1.27. The Kier molecular flexibility index (Phi) is 5.58. The van der Waals surface area contributed by atoms with E-state index in [2.05, 4.69) is 10.3 Å². The van der Waals surface area contributed by atoms with Gasteiger partial charge in [-0.2, -0.15) is 0 Å². The van der Waals surface area contributed by atoms with Crippen LogP contribution in [-0.2, 0) is 20.9 Å². The number of thioether (sulfide) groups is 1. The van der Waals surface area contributed by atoms with Crippen molar-refractivity contribution in [1.82, 2.24) is 9.88 Å². The van der Waals surface area contributed by atoms with Crippen molar-refractivity contribution in [3.8, 4) is 5.75 Å². The largest absolute Gasteiger partial charge is 0.497 e. The molecule has 1 amide bonds. The van der Waals surface area contributed by atoms with Crippen LogP contribution in [0.4, 0.5) is 5.69 Å². The van der Waals surface area contributed by atoms with Crippen molar-refractivity contribution in [2.45, 2.75) is 6.54 Å². The SMILES string of the molecule is COC(=O)Cn1cc(/C=C2/SC(=Nc3ccc(OC)cc3)NC2=O)c2ccccc21. The van der Waals surface area contributed by atoms with Crippen LogP contribution in [0, 0.1) is 0 Å². The number of hydrogen-bond acceptors (Lipinski definition) is 6. The van der Waals surface area contributed by atoms with Crippen LogP contribution in [0.5, 0.6) is 5.75 Å². The molecular weight excluding hydrogens is 402 g/mol. The van der Waals surface area contributed by atoms with E-state index in [9.17, 15) is 9.59 Å².